The van der Waals surface area contributed by atoms with Gasteiger partial charge in [0.25, 0.3) is 0 Å². The Hall–Kier alpha value is -1.13. The van der Waals surface area contributed by atoms with E-state index in [4.69, 9.17) is 4.74 Å². The number of ether oxygens (including phenoxy) is 1. The minimum atomic E-state index is -1.22. The Balaban J connectivity index is 2.76. The Morgan fingerprint density at radius 1 is 1.56 bits per heavy atom. The number of carbonyl (C=O) groups excluding carboxylic acids is 2. The molecule has 1 fully saturated rings. The van der Waals surface area contributed by atoms with Gasteiger partial charge < -0.3 is 4.74 Å². The molecule has 0 aromatic carbocycles. The van der Waals surface area contributed by atoms with Crippen LogP contribution in [0.1, 0.15) is 40.5 Å². The summed E-state index contributed by atoms with van der Waals surface area (Å²) in [5.74, 6) is -0.358. The van der Waals surface area contributed by atoms with Crippen LogP contribution < -0.4 is 0 Å². The van der Waals surface area contributed by atoms with Crippen LogP contribution in [0.5, 0.6) is 0 Å². The molecule has 16 heavy (non-hydrogen) atoms. The van der Waals surface area contributed by atoms with Gasteiger partial charge in [0.15, 0.2) is 0 Å². The maximum Gasteiger partial charge on any atom is 0.417 e. The molecule has 0 aromatic rings. The Bertz CT molecular complexity index is 296. The van der Waals surface area contributed by atoms with Gasteiger partial charge in [-0.25, -0.2) is 14.1 Å². The van der Waals surface area contributed by atoms with Gasteiger partial charge >= 0.3 is 6.09 Å². The van der Waals surface area contributed by atoms with Gasteiger partial charge in [0.1, 0.15) is 11.8 Å². The van der Waals surface area contributed by atoms with Gasteiger partial charge in [0.05, 0.1) is 6.04 Å². The van der Waals surface area contributed by atoms with E-state index in [0.29, 0.717) is 6.42 Å². The number of halogens is 1. The molecule has 1 aliphatic rings. The van der Waals surface area contributed by atoms with E-state index in [0.717, 1.165) is 4.90 Å². The van der Waals surface area contributed by atoms with Crippen LogP contribution in [-0.2, 0) is 9.53 Å². The van der Waals surface area contributed by atoms with Crippen molar-refractivity contribution in [2.75, 3.05) is 0 Å². The van der Waals surface area contributed by atoms with Crippen molar-refractivity contribution in [1.82, 2.24) is 4.90 Å². The first-order chi connectivity index (χ1) is 7.22. The summed E-state index contributed by atoms with van der Waals surface area (Å²) in [6, 6.07) is -0.678. The number of nitrogens with zero attached hydrogens (tertiary/aromatic N) is 1. The highest BCUT2D eigenvalue weighted by molar-refractivity contribution is 5.94. The Kier molecular flexibility index (Phi) is 3.55. The zero-order valence-electron chi connectivity index (χ0n) is 10.1. The molecule has 1 heterocycles. The van der Waals surface area contributed by atoms with Gasteiger partial charge in [-0.15, -0.1) is 0 Å². The lowest BCUT2D eigenvalue weighted by atomic mass is 10.1. The zero-order chi connectivity index (χ0) is 12.5. The second kappa shape index (κ2) is 4.39. The van der Waals surface area contributed by atoms with E-state index < -0.39 is 23.9 Å². The molecule has 92 valence electrons. The molecule has 1 saturated heterocycles. The molecule has 5 heteroatoms. The summed E-state index contributed by atoms with van der Waals surface area (Å²) in [5.41, 5.74) is -0.677. The van der Waals surface area contributed by atoms with E-state index in [9.17, 15) is 14.0 Å². The number of carbonyl (C=O) groups is 2. The highest BCUT2D eigenvalue weighted by atomic mass is 19.1. The summed E-state index contributed by atoms with van der Waals surface area (Å²) in [5, 5.41) is 0. The van der Waals surface area contributed by atoms with Crippen molar-refractivity contribution >= 4 is 12.0 Å². The first kappa shape index (κ1) is 12.9. The molecule has 0 radical (unpaired) electrons. The maximum atomic E-state index is 13.2. The van der Waals surface area contributed by atoms with Crippen molar-refractivity contribution in [2.24, 2.45) is 0 Å². The van der Waals surface area contributed by atoms with Crippen molar-refractivity contribution in [3.63, 3.8) is 0 Å². The summed E-state index contributed by atoms with van der Waals surface area (Å²) >= 11 is 0. The number of hydrogen-bond acceptors (Lipinski definition) is 3. The number of likely N-dealkylation sites (tertiary alicyclic amines) is 1. The summed E-state index contributed by atoms with van der Waals surface area (Å²) in [6.45, 7) is 6.47. The largest absolute Gasteiger partial charge is 0.443 e. The monoisotopic (exact) mass is 231 g/mol. The predicted octanol–water partition coefficient (Wildman–Crippen LogP) is 2.27. The molecule has 2 atom stereocenters. The van der Waals surface area contributed by atoms with Crippen molar-refractivity contribution in [1.29, 1.82) is 0 Å². The molecule has 0 bridgehead atoms. The minimum absolute atomic E-state index is 0.207. The van der Waals surface area contributed by atoms with Gasteiger partial charge in [0, 0.05) is 6.42 Å². The molecule has 0 saturated carbocycles. The van der Waals surface area contributed by atoms with E-state index >= 15 is 0 Å². The van der Waals surface area contributed by atoms with Crippen LogP contribution in [0.2, 0.25) is 0 Å². The second-order valence-electron chi connectivity index (χ2n) is 5.03. The average molecular weight is 231 g/mol. The van der Waals surface area contributed by atoms with Gasteiger partial charge in [-0.3, -0.25) is 4.79 Å². The Morgan fingerprint density at radius 3 is 2.56 bits per heavy atom. The lowest BCUT2D eigenvalue weighted by Crippen LogP contribution is -2.45. The summed E-state index contributed by atoms with van der Waals surface area (Å²) < 4.78 is 18.3. The first-order valence-electron chi connectivity index (χ1n) is 5.41. The topological polar surface area (TPSA) is 46.6 Å². The SMILES string of the molecule is CC(F)[C@H]1CCC(=O)N1C(=O)OC(C)(C)C. The minimum Gasteiger partial charge on any atom is -0.443 e. The zero-order valence-corrected chi connectivity index (χ0v) is 10.1. The molecule has 0 aromatic heterocycles. The third-order valence-electron chi connectivity index (χ3n) is 2.37. The van der Waals surface area contributed by atoms with Crippen LogP contribution >= 0.6 is 0 Å². The number of amides is 2. The van der Waals surface area contributed by atoms with Crippen LogP contribution in [0.25, 0.3) is 0 Å². The third-order valence-corrected chi connectivity index (χ3v) is 2.37. The molecule has 4 nitrogen and oxygen atoms in total. The normalized spacial score (nSPS) is 23.4. The first-order valence-corrected chi connectivity index (χ1v) is 5.41. The van der Waals surface area contributed by atoms with Crippen molar-refractivity contribution in [2.45, 2.75) is 58.4 Å². The fraction of sp³-hybridized carbons (Fsp3) is 0.818. The fourth-order valence-electron chi connectivity index (χ4n) is 1.69. The van der Waals surface area contributed by atoms with Crippen molar-refractivity contribution in [3.05, 3.63) is 0 Å². The lowest BCUT2D eigenvalue weighted by molar-refractivity contribution is -0.128. The van der Waals surface area contributed by atoms with E-state index in [-0.39, 0.29) is 12.3 Å². The van der Waals surface area contributed by atoms with Crippen LogP contribution in [0.4, 0.5) is 9.18 Å². The van der Waals surface area contributed by atoms with Crippen LogP contribution in [0.3, 0.4) is 0 Å². The predicted molar refractivity (Wildman–Crippen MR) is 56.7 cm³/mol. The molecule has 0 spiro atoms. The van der Waals surface area contributed by atoms with E-state index in [1.54, 1.807) is 20.8 Å². The van der Waals surface area contributed by atoms with Gasteiger partial charge in [-0.05, 0) is 34.1 Å². The maximum absolute atomic E-state index is 13.2. The Labute approximate surface area is 94.7 Å². The van der Waals surface area contributed by atoms with Gasteiger partial charge in [-0.1, -0.05) is 0 Å². The molecule has 1 aliphatic heterocycles. The second-order valence-corrected chi connectivity index (χ2v) is 5.03. The third kappa shape index (κ3) is 2.93. The van der Waals surface area contributed by atoms with E-state index in [1.165, 1.54) is 6.92 Å². The number of hydrogen-bond donors (Lipinski definition) is 0. The number of alkyl halides is 1. The standard InChI is InChI=1S/C11H18FNO3/c1-7(12)8-5-6-9(14)13(8)10(15)16-11(2,3)4/h7-8H,5-6H2,1-4H3/t7?,8-/m1/s1. The van der Waals surface area contributed by atoms with Crippen molar-refractivity contribution in [3.8, 4) is 0 Å². The molecular weight excluding hydrogens is 213 g/mol. The number of imide groups is 1. The van der Waals surface area contributed by atoms with Crippen LogP contribution in [-0.4, -0.2) is 34.7 Å². The molecule has 1 rings (SSSR count). The average Bonchev–Trinajstić information content (AvgIpc) is 2.43. The molecular formula is C11H18FNO3. The summed E-state index contributed by atoms with van der Waals surface area (Å²) in [4.78, 5) is 24.1. The van der Waals surface area contributed by atoms with Crippen LogP contribution in [0.15, 0.2) is 0 Å². The van der Waals surface area contributed by atoms with Gasteiger partial charge in [-0.2, -0.15) is 0 Å². The highest BCUT2D eigenvalue weighted by Crippen LogP contribution is 2.25. The van der Waals surface area contributed by atoms with E-state index in [2.05, 4.69) is 0 Å². The molecule has 0 aliphatic carbocycles. The van der Waals surface area contributed by atoms with Gasteiger partial charge in [0.2, 0.25) is 5.91 Å². The molecule has 1 unspecified atom stereocenters. The van der Waals surface area contributed by atoms with Crippen molar-refractivity contribution < 1.29 is 18.7 Å². The molecule has 2 amide bonds. The quantitative estimate of drug-likeness (QED) is 0.695. The fourth-order valence-corrected chi connectivity index (χ4v) is 1.69. The Morgan fingerprint density at radius 2 is 2.12 bits per heavy atom. The van der Waals surface area contributed by atoms with E-state index in [1.807, 2.05) is 0 Å². The van der Waals surface area contributed by atoms with Crippen LogP contribution in [0, 0.1) is 0 Å². The molecule has 0 N–H and O–H groups in total. The highest BCUT2D eigenvalue weighted by Gasteiger charge is 2.41. The summed E-state index contributed by atoms with van der Waals surface area (Å²) in [7, 11) is 0. The lowest BCUT2D eigenvalue weighted by Gasteiger charge is -2.27. The smallest absolute Gasteiger partial charge is 0.417 e. The summed E-state index contributed by atoms with van der Waals surface area (Å²) in [6.07, 6.45) is -1.39. The number of rotatable bonds is 1.